The van der Waals surface area contributed by atoms with E-state index in [1.54, 1.807) is 14.2 Å². The fraction of sp³-hybridized carbons (Fsp3) is 0.387. The average molecular weight is 574 g/mol. The molecule has 1 aromatic heterocycles. The second-order valence-electron chi connectivity index (χ2n) is 10.6. The number of aromatic nitrogens is 2. The maximum atomic E-state index is 12.4. The van der Waals surface area contributed by atoms with Gasteiger partial charge in [0, 0.05) is 37.7 Å². The summed E-state index contributed by atoms with van der Waals surface area (Å²) in [7, 11) is 7.53. The Labute approximate surface area is 247 Å². The average Bonchev–Trinajstić information content (AvgIpc) is 3.52. The number of benzene rings is 2. The van der Waals surface area contributed by atoms with E-state index in [0.717, 1.165) is 49.4 Å². The zero-order valence-electron chi connectivity index (χ0n) is 24.7. The number of nitrogens with zero attached hydrogens (tertiary/aromatic N) is 5. The van der Waals surface area contributed by atoms with Crippen LogP contribution in [0.15, 0.2) is 61.4 Å². The van der Waals surface area contributed by atoms with Crippen molar-refractivity contribution in [2.45, 2.75) is 31.3 Å². The zero-order valence-corrected chi connectivity index (χ0v) is 24.7. The van der Waals surface area contributed by atoms with Gasteiger partial charge >= 0.3 is 0 Å². The van der Waals surface area contributed by atoms with Crippen LogP contribution in [0, 0.1) is 0 Å². The first-order chi connectivity index (χ1) is 20.4. The van der Waals surface area contributed by atoms with E-state index in [-0.39, 0.29) is 11.9 Å². The van der Waals surface area contributed by atoms with Gasteiger partial charge in [-0.3, -0.25) is 9.63 Å². The molecule has 2 N–H and O–H groups in total. The van der Waals surface area contributed by atoms with Crippen LogP contribution in [0.5, 0.6) is 11.5 Å². The smallest absolute Gasteiger partial charge is 0.247 e. The Morgan fingerprint density at radius 1 is 1.07 bits per heavy atom. The summed E-state index contributed by atoms with van der Waals surface area (Å²) in [4.78, 5) is 31.9. The van der Waals surface area contributed by atoms with Crippen LogP contribution in [0.2, 0.25) is 0 Å². The SMILES string of the molecule is C=CC(=O)Nc1cc(Nc2cc(N3OCCC3c3cccc(OC)c3)ncn2)c(OC)cc1N1CCC(N(C)C)CC1. The molecular formula is C31H39N7O4. The monoisotopic (exact) mass is 573 g/mol. The van der Waals surface area contributed by atoms with Crippen molar-refractivity contribution >= 4 is 34.6 Å². The van der Waals surface area contributed by atoms with E-state index in [9.17, 15) is 4.79 Å². The molecular weight excluding hydrogens is 534 g/mol. The molecule has 0 aliphatic carbocycles. The molecule has 3 aromatic rings. The maximum Gasteiger partial charge on any atom is 0.247 e. The first kappa shape index (κ1) is 29.2. The lowest BCUT2D eigenvalue weighted by Crippen LogP contribution is -2.42. The van der Waals surface area contributed by atoms with Gasteiger partial charge in [0.05, 0.1) is 43.9 Å². The highest BCUT2D eigenvalue weighted by Crippen LogP contribution is 2.40. The number of amides is 1. The summed E-state index contributed by atoms with van der Waals surface area (Å²) in [5.41, 5.74) is 3.30. The fourth-order valence-corrected chi connectivity index (χ4v) is 5.52. The van der Waals surface area contributed by atoms with E-state index in [4.69, 9.17) is 14.3 Å². The number of nitrogens with one attached hydrogen (secondary N) is 2. The molecule has 11 heteroatoms. The lowest BCUT2D eigenvalue weighted by molar-refractivity contribution is -0.111. The third kappa shape index (κ3) is 6.42. The predicted octanol–water partition coefficient (Wildman–Crippen LogP) is 4.78. The van der Waals surface area contributed by atoms with Gasteiger partial charge in [-0.1, -0.05) is 18.7 Å². The van der Waals surface area contributed by atoms with Gasteiger partial charge in [0.1, 0.15) is 23.6 Å². The lowest BCUT2D eigenvalue weighted by Gasteiger charge is -2.37. The first-order valence-electron chi connectivity index (χ1n) is 14.1. The molecule has 0 bridgehead atoms. The minimum atomic E-state index is -0.283. The maximum absolute atomic E-state index is 12.4. The number of carbonyl (C=O) groups is 1. The van der Waals surface area contributed by atoms with Gasteiger partial charge in [-0.2, -0.15) is 0 Å². The van der Waals surface area contributed by atoms with Crippen molar-refractivity contribution in [1.29, 1.82) is 0 Å². The van der Waals surface area contributed by atoms with Crippen LogP contribution in [0.3, 0.4) is 0 Å². The minimum Gasteiger partial charge on any atom is -0.497 e. The quantitative estimate of drug-likeness (QED) is 0.330. The Morgan fingerprint density at radius 3 is 2.60 bits per heavy atom. The number of piperidine rings is 1. The van der Waals surface area contributed by atoms with Crippen molar-refractivity contribution in [3.63, 3.8) is 0 Å². The summed E-state index contributed by atoms with van der Waals surface area (Å²) < 4.78 is 11.2. The standard InChI is InChI=1S/C31H39N7O4/c1-6-31(39)35-24-17-25(28(41-5)18-27(24)37-13-10-22(11-14-37)36(2)3)34-29-19-30(33-20-32-29)38-26(12-15-42-38)21-8-7-9-23(16-21)40-4/h6-9,16-20,22,26H,1,10-15H2,2-5H3,(H,35,39)(H,32,33,34). The molecule has 2 saturated heterocycles. The molecule has 5 rings (SSSR count). The van der Waals surface area contributed by atoms with Gasteiger partial charge in [0.25, 0.3) is 0 Å². The van der Waals surface area contributed by atoms with Gasteiger partial charge in [-0.25, -0.2) is 15.0 Å². The Balaban J connectivity index is 1.42. The number of hydroxylamine groups is 1. The molecule has 2 aliphatic heterocycles. The third-order valence-electron chi connectivity index (χ3n) is 7.82. The van der Waals surface area contributed by atoms with Gasteiger partial charge in [0.15, 0.2) is 5.82 Å². The van der Waals surface area contributed by atoms with Crippen LogP contribution < -0.4 is 30.1 Å². The molecule has 11 nitrogen and oxygen atoms in total. The van der Waals surface area contributed by atoms with Gasteiger partial charge in [-0.05, 0) is 56.8 Å². The highest BCUT2D eigenvalue weighted by molar-refractivity contribution is 6.02. The van der Waals surface area contributed by atoms with Gasteiger partial charge in [-0.15, -0.1) is 0 Å². The Morgan fingerprint density at radius 2 is 1.88 bits per heavy atom. The third-order valence-corrected chi connectivity index (χ3v) is 7.82. The van der Waals surface area contributed by atoms with Crippen LogP contribution in [0.25, 0.3) is 0 Å². The number of rotatable bonds is 10. The van der Waals surface area contributed by atoms with Crippen LogP contribution in [-0.2, 0) is 9.63 Å². The fourth-order valence-electron chi connectivity index (χ4n) is 5.52. The second kappa shape index (κ2) is 13.1. The van der Waals surface area contributed by atoms with Crippen LogP contribution in [-0.4, -0.2) is 74.8 Å². The van der Waals surface area contributed by atoms with Crippen molar-refractivity contribution in [3.8, 4) is 11.5 Å². The molecule has 0 saturated carbocycles. The molecule has 1 atom stereocenters. The number of hydrogen-bond donors (Lipinski definition) is 2. The van der Waals surface area contributed by atoms with Crippen LogP contribution >= 0.6 is 0 Å². The Kier molecular flexibility index (Phi) is 9.09. The minimum absolute atomic E-state index is 0.0194. The van der Waals surface area contributed by atoms with E-state index in [0.29, 0.717) is 41.4 Å². The summed E-state index contributed by atoms with van der Waals surface area (Å²) >= 11 is 0. The van der Waals surface area contributed by atoms with Crippen LogP contribution in [0.1, 0.15) is 30.9 Å². The van der Waals surface area contributed by atoms with E-state index >= 15 is 0 Å². The molecule has 2 fully saturated rings. The Bertz CT molecular complexity index is 1410. The van der Waals surface area contributed by atoms with E-state index < -0.39 is 0 Å². The molecule has 0 spiro atoms. The van der Waals surface area contributed by atoms with E-state index in [1.165, 1.54) is 12.4 Å². The van der Waals surface area contributed by atoms with E-state index in [1.807, 2.05) is 41.5 Å². The zero-order chi connectivity index (χ0) is 29.6. The summed E-state index contributed by atoms with van der Waals surface area (Å²) in [6.45, 7) is 5.94. The molecule has 2 aromatic carbocycles. The molecule has 0 radical (unpaired) electrons. The molecule has 3 heterocycles. The largest absolute Gasteiger partial charge is 0.497 e. The summed E-state index contributed by atoms with van der Waals surface area (Å²) in [6.07, 6.45) is 5.64. The predicted molar refractivity (Wildman–Crippen MR) is 165 cm³/mol. The highest BCUT2D eigenvalue weighted by Gasteiger charge is 2.30. The number of carbonyl (C=O) groups excluding carboxylic acids is 1. The number of methoxy groups -OCH3 is 2. The topological polar surface area (TPSA) is 104 Å². The lowest BCUT2D eigenvalue weighted by atomic mass is 10.0. The normalized spacial score (nSPS) is 17.3. The Hall–Kier alpha value is -4.35. The summed E-state index contributed by atoms with van der Waals surface area (Å²) in [6, 6.07) is 14.2. The van der Waals surface area contributed by atoms with Crippen molar-refractivity contribution in [3.05, 3.63) is 67.0 Å². The molecule has 1 unspecified atom stereocenters. The molecule has 222 valence electrons. The molecule has 42 heavy (non-hydrogen) atoms. The second-order valence-corrected chi connectivity index (χ2v) is 10.6. The number of hydrogen-bond acceptors (Lipinski definition) is 10. The van der Waals surface area contributed by atoms with Gasteiger partial charge in [0.2, 0.25) is 5.91 Å². The van der Waals surface area contributed by atoms with Crippen molar-refractivity contribution in [1.82, 2.24) is 14.9 Å². The molecule has 1 amide bonds. The number of ether oxygens (including phenoxy) is 2. The number of anilines is 5. The molecule has 2 aliphatic rings. The van der Waals surface area contributed by atoms with E-state index in [2.05, 4.69) is 57.1 Å². The highest BCUT2D eigenvalue weighted by atomic mass is 16.7. The van der Waals surface area contributed by atoms with Gasteiger partial charge < -0.3 is 29.9 Å². The van der Waals surface area contributed by atoms with Crippen molar-refractivity contribution in [2.24, 2.45) is 0 Å². The van der Waals surface area contributed by atoms with Crippen LogP contribution in [0.4, 0.5) is 28.7 Å². The first-order valence-corrected chi connectivity index (χ1v) is 14.1. The summed E-state index contributed by atoms with van der Waals surface area (Å²) in [5, 5.41) is 8.16. The van der Waals surface area contributed by atoms with Crippen molar-refractivity contribution < 1.29 is 19.1 Å². The summed E-state index contributed by atoms with van der Waals surface area (Å²) in [5.74, 6) is 2.32. The van der Waals surface area contributed by atoms with Crippen molar-refractivity contribution in [2.75, 3.05) is 68.6 Å².